The molecule has 0 amide bonds. The van der Waals surface area contributed by atoms with Crippen molar-refractivity contribution in [1.29, 1.82) is 5.26 Å². The summed E-state index contributed by atoms with van der Waals surface area (Å²) in [5.41, 5.74) is 1.19. The molecule has 0 saturated heterocycles. The highest BCUT2D eigenvalue weighted by Gasteiger charge is 2.40. The third-order valence-corrected chi connectivity index (χ3v) is 8.78. The number of aliphatic hydroxyl groups excluding tert-OH is 1. The van der Waals surface area contributed by atoms with Gasteiger partial charge in [-0.1, -0.05) is 45.8 Å². The molecule has 0 aliphatic heterocycles. The lowest BCUT2D eigenvalue weighted by Crippen LogP contribution is -2.46. The average Bonchev–Trinajstić information content (AvgIpc) is 2.32. The summed E-state index contributed by atoms with van der Waals surface area (Å²) in [6.45, 7) is 15.1. The first-order chi connectivity index (χ1) is 9.55. The van der Waals surface area contributed by atoms with E-state index in [1.54, 1.807) is 0 Å². The molecule has 0 heterocycles. The molecule has 21 heavy (non-hydrogen) atoms. The predicted molar refractivity (Wildman–Crippen MR) is 91.6 cm³/mol. The molecule has 0 aromatic carbocycles. The van der Waals surface area contributed by atoms with Gasteiger partial charge in [-0.3, -0.25) is 0 Å². The summed E-state index contributed by atoms with van der Waals surface area (Å²) >= 11 is 0. The molecule has 122 valence electrons. The van der Waals surface area contributed by atoms with Crippen LogP contribution in [-0.2, 0) is 4.43 Å². The number of hydrogen-bond acceptors (Lipinski definition) is 3. The van der Waals surface area contributed by atoms with Gasteiger partial charge in [0, 0.05) is 6.42 Å². The maximum absolute atomic E-state index is 10.5. The van der Waals surface area contributed by atoms with E-state index >= 15 is 0 Å². The molecular formula is C17H33NO2Si. The van der Waals surface area contributed by atoms with Gasteiger partial charge < -0.3 is 9.53 Å². The molecule has 1 N–H and O–H groups in total. The molecule has 0 aliphatic rings. The summed E-state index contributed by atoms with van der Waals surface area (Å²) in [7, 11) is -1.95. The van der Waals surface area contributed by atoms with Crippen molar-refractivity contribution in [2.45, 2.75) is 90.6 Å². The number of rotatable bonds is 8. The molecule has 0 bridgehead atoms. The van der Waals surface area contributed by atoms with Crippen molar-refractivity contribution in [3.63, 3.8) is 0 Å². The molecule has 0 aromatic rings. The molecule has 0 spiro atoms. The van der Waals surface area contributed by atoms with Gasteiger partial charge in [0.1, 0.15) is 0 Å². The Labute approximate surface area is 132 Å². The van der Waals surface area contributed by atoms with Crippen molar-refractivity contribution >= 4 is 8.32 Å². The van der Waals surface area contributed by atoms with Crippen molar-refractivity contribution in [3.05, 3.63) is 11.6 Å². The fourth-order valence-corrected chi connectivity index (χ4v) is 3.31. The lowest BCUT2D eigenvalue weighted by molar-refractivity contribution is 0.0516. The Kier molecular flexibility index (Phi) is 8.46. The highest BCUT2D eigenvalue weighted by Crippen LogP contribution is 2.38. The topological polar surface area (TPSA) is 53.2 Å². The van der Waals surface area contributed by atoms with Gasteiger partial charge in [-0.2, -0.15) is 5.26 Å². The molecule has 4 heteroatoms. The highest BCUT2D eigenvalue weighted by molar-refractivity contribution is 6.74. The summed E-state index contributed by atoms with van der Waals surface area (Å²) in [4.78, 5) is 0. The van der Waals surface area contributed by atoms with Gasteiger partial charge in [0.2, 0.25) is 0 Å². The lowest BCUT2D eigenvalue weighted by Gasteiger charge is -2.40. The third kappa shape index (κ3) is 7.26. The van der Waals surface area contributed by atoms with Gasteiger partial charge in [-0.05, 0) is 37.9 Å². The summed E-state index contributed by atoms with van der Waals surface area (Å²) in [5, 5.41) is 19.4. The summed E-state index contributed by atoms with van der Waals surface area (Å²) in [6, 6.07) is 2.16. The number of aliphatic hydroxyl groups is 1. The standard InChI is InChI=1S/C17H33NO2Si/c1-8-10-14(2)13-15(19)16(11-9-12-18)20-21(6,7)17(3,4)5/h13,15-16,19H,8-11H2,1-7H3/b14-13-/t15-,16-/m0/s1. The van der Waals surface area contributed by atoms with Gasteiger partial charge in [-0.15, -0.1) is 0 Å². The van der Waals surface area contributed by atoms with E-state index in [-0.39, 0.29) is 11.1 Å². The van der Waals surface area contributed by atoms with Gasteiger partial charge in [-0.25, -0.2) is 0 Å². The number of hydrogen-bond donors (Lipinski definition) is 1. The van der Waals surface area contributed by atoms with E-state index in [1.165, 1.54) is 5.57 Å². The Morgan fingerprint density at radius 3 is 2.38 bits per heavy atom. The Bertz CT molecular complexity index is 377. The van der Waals surface area contributed by atoms with E-state index in [0.717, 1.165) is 12.8 Å². The molecule has 0 unspecified atom stereocenters. The predicted octanol–water partition coefficient (Wildman–Crippen LogP) is 4.79. The largest absolute Gasteiger partial charge is 0.411 e. The molecule has 0 aliphatic carbocycles. The molecule has 0 fully saturated rings. The molecule has 0 aromatic heterocycles. The highest BCUT2D eigenvalue weighted by atomic mass is 28.4. The lowest BCUT2D eigenvalue weighted by atomic mass is 10.0. The zero-order valence-electron chi connectivity index (χ0n) is 14.9. The van der Waals surface area contributed by atoms with Crippen LogP contribution in [0.4, 0.5) is 0 Å². The van der Waals surface area contributed by atoms with E-state index in [0.29, 0.717) is 12.8 Å². The second kappa shape index (κ2) is 8.72. The van der Waals surface area contributed by atoms with Crippen molar-refractivity contribution in [2.75, 3.05) is 0 Å². The molecule has 0 radical (unpaired) electrons. The minimum atomic E-state index is -1.95. The average molecular weight is 312 g/mol. The van der Waals surface area contributed by atoms with Crippen molar-refractivity contribution < 1.29 is 9.53 Å². The van der Waals surface area contributed by atoms with Gasteiger partial charge >= 0.3 is 0 Å². The van der Waals surface area contributed by atoms with Crippen LogP contribution in [0.15, 0.2) is 11.6 Å². The number of nitrogens with zero attached hydrogens (tertiary/aromatic N) is 1. The van der Waals surface area contributed by atoms with E-state index in [1.807, 2.05) is 13.0 Å². The summed E-state index contributed by atoms with van der Waals surface area (Å²) < 4.78 is 6.34. The van der Waals surface area contributed by atoms with Gasteiger partial charge in [0.25, 0.3) is 0 Å². The van der Waals surface area contributed by atoms with E-state index in [4.69, 9.17) is 9.69 Å². The summed E-state index contributed by atoms with van der Waals surface area (Å²) in [6.07, 6.45) is 4.05. The Balaban J connectivity index is 5.04. The minimum absolute atomic E-state index is 0.0970. The van der Waals surface area contributed by atoms with Crippen LogP contribution in [0.2, 0.25) is 18.1 Å². The van der Waals surface area contributed by atoms with Crippen molar-refractivity contribution in [2.24, 2.45) is 0 Å². The first kappa shape index (κ1) is 20.4. The van der Waals surface area contributed by atoms with Crippen LogP contribution in [0.5, 0.6) is 0 Å². The maximum Gasteiger partial charge on any atom is 0.192 e. The van der Waals surface area contributed by atoms with E-state index in [9.17, 15) is 5.11 Å². The third-order valence-electron chi connectivity index (χ3n) is 4.27. The van der Waals surface area contributed by atoms with Crippen molar-refractivity contribution in [3.8, 4) is 6.07 Å². The fraction of sp³-hybridized carbons (Fsp3) is 0.824. The normalized spacial score (nSPS) is 16.4. The minimum Gasteiger partial charge on any atom is -0.411 e. The zero-order chi connectivity index (χ0) is 16.7. The van der Waals surface area contributed by atoms with Crippen LogP contribution >= 0.6 is 0 Å². The molecular weight excluding hydrogens is 278 g/mol. The Morgan fingerprint density at radius 2 is 1.95 bits per heavy atom. The monoisotopic (exact) mass is 311 g/mol. The first-order valence-electron chi connectivity index (χ1n) is 7.95. The van der Waals surface area contributed by atoms with Gasteiger partial charge in [0.05, 0.1) is 18.3 Å². The molecule has 3 nitrogen and oxygen atoms in total. The fourth-order valence-electron chi connectivity index (χ4n) is 1.94. The van der Waals surface area contributed by atoms with Crippen LogP contribution in [0.1, 0.15) is 60.3 Å². The second-order valence-electron chi connectivity index (χ2n) is 7.37. The van der Waals surface area contributed by atoms with E-state index < -0.39 is 14.4 Å². The zero-order valence-corrected chi connectivity index (χ0v) is 15.9. The Morgan fingerprint density at radius 1 is 1.38 bits per heavy atom. The van der Waals surface area contributed by atoms with Crippen LogP contribution in [-0.4, -0.2) is 25.6 Å². The quantitative estimate of drug-likeness (QED) is 0.518. The maximum atomic E-state index is 10.5. The number of nitriles is 1. The van der Waals surface area contributed by atoms with Crippen LogP contribution < -0.4 is 0 Å². The smallest absolute Gasteiger partial charge is 0.192 e. The molecule has 0 saturated carbocycles. The first-order valence-corrected chi connectivity index (χ1v) is 10.9. The van der Waals surface area contributed by atoms with Crippen LogP contribution in [0.3, 0.4) is 0 Å². The van der Waals surface area contributed by atoms with E-state index in [2.05, 4.69) is 46.9 Å². The van der Waals surface area contributed by atoms with Crippen molar-refractivity contribution in [1.82, 2.24) is 0 Å². The van der Waals surface area contributed by atoms with Gasteiger partial charge in [0.15, 0.2) is 8.32 Å². The van der Waals surface area contributed by atoms with Crippen LogP contribution in [0.25, 0.3) is 0 Å². The molecule has 2 atom stereocenters. The SMILES string of the molecule is CCC/C(C)=C\[C@H](O)[C@H](CCC#N)O[Si](C)(C)C(C)(C)C. The summed E-state index contributed by atoms with van der Waals surface area (Å²) in [5.74, 6) is 0. The Hall–Kier alpha value is -0.633. The molecule has 0 rings (SSSR count). The second-order valence-corrected chi connectivity index (χ2v) is 12.1. The van der Waals surface area contributed by atoms with Crippen LogP contribution in [0, 0.1) is 11.3 Å². The number of allylic oxidation sites excluding steroid dienone is 1.